The molecule has 0 aromatic carbocycles. The minimum atomic E-state index is -4.44. The van der Waals surface area contributed by atoms with Gasteiger partial charge in [0.05, 0.1) is 49.5 Å². The molecule has 2 saturated carbocycles. The maximum Gasteiger partial charge on any atom is 0.389 e. The fourth-order valence-corrected chi connectivity index (χ4v) is 5.49. The van der Waals surface area contributed by atoms with Crippen LogP contribution >= 0.6 is 0 Å². The summed E-state index contributed by atoms with van der Waals surface area (Å²) in [5, 5.41) is 17.6. The molecule has 0 saturated heterocycles. The Bertz CT molecular complexity index is 1430. The van der Waals surface area contributed by atoms with E-state index in [1.807, 2.05) is 0 Å². The Hall–Kier alpha value is -3.72. The van der Waals surface area contributed by atoms with Crippen LogP contribution < -0.4 is 10.6 Å². The van der Waals surface area contributed by atoms with Crippen LogP contribution in [-0.2, 0) is 11.3 Å². The molecule has 2 aliphatic rings. The molecule has 0 bridgehead atoms. The van der Waals surface area contributed by atoms with Crippen LogP contribution in [0, 0.1) is 11.8 Å². The van der Waals surface area contributed by atoms with Gasteiger partial charge < -0.3 is 10.6 Å². The van der Waals surface area contributed by atoms with Gasteiger partial charge >= 0.3 is 6.18 Å². The Morgan fingerprint density at radius 3 is 2.44 bits per heavy atom. The number of nitrogens with zero attached hydrogens (tertiary/aromatic N) is 6. The minimum Gasteiger partial charge on any atom is -0.349 e. The van der Waals surface area contributed by atoms with Crippen molar-refractivity contribution in [3.05, 3.63) is 41.6 Å². The summed E-state index contributed by atoms with van der Waals surface area (Å²) in [7, 11) is 0. The van der Waals surface area contributed by atoms with Crippen molar-refractivity contribution in [3.63, 3.8) is 0 Å². The molecule has 2 atom stereocenters. The highest BCUT2D eigenvalue weighted by molar-refractivity contribution is 5.92. The number of amides is 2. The number of rotatable bonds is 12. The molecule has 5 rings (SSSR count). The second kappa shape index (κ2) is 12.5. The van der Waals surface area contributed by atoms with Crippen molar-refractivity contribution in [2.75, 3.05) is 6.67 Å². The number of fused-ring (bicyclic) bond motifs is 1. The number of aromatic nitrogens is 6. The van der Waals surface area contributed by atoms with E-state index in [0.29, 0.717) is 16.9 Å². The average molecular weight is 615 g/mol. The maximum absolute atomic E-state index is 14.0. The predicted molar refractivity (Wildman–Crippen MR) is 140 cm³/mol. The fourth-order valence-electron chi connectivity index (χ4n) is 5.49. The van der Waals surface area contributed by atoms with Gasteiger partial charge in [-0.05, 0) is 55.6 Å². The zero-order valence-corrected chi connectivity index (χ0v) is 23.2. The van der Waals surface area contributed by atoms with Crippen molar-refractivity contribution in [2.45, 2.75) is 88.5 Å². The molecule has 3 aromatic heterocycles. The Morgan fingerprint density at radius 1 is 1.05 bits per heavy atom. The second-order valence-corrected chi connectivity index (χ2v) is 11.3. The lowest BCUT2D eigenvalue weighted by Gasteiger charge is -2.33. The molecule has 10 nitrogen and oxygen atoms in total. The summed E-state index contributed by atoms with van der Waals surface area (Å²) in [4.78, 5) is 30.2. The van der Waals surface area contributed by atoms with Gasteiger partial charge in [-0.1, -0.05) is 5.21 Å². The van der Waals surface area contributed by atoms with Gasteiger partial charge in [0.15, 0.2) is 5.65 Å². The molecule has 2 aliphatic carbocycles. The number of alkyl halides is 6. The highest BCUT2D eigenvalue weighted by Crippen LogP contribution is 2.43. The van der Waals surface area contributed by atoms with Gasteiger partial charge in [-0.3, -0.25) is 14.0 Å². The van der Waals surface area contributed by atoms with Crippen LogP contribution in [0.1, 0.15) is 91.6 Å². The molecule has 0 unspecified atom stereocenters. The van der Waals surface area contributed by atoms with Crippen molar-refractivity contribution in [1.82, 2.24) is 40.2 Å². The molecule has 2 amide bonds. The summed E-state index contributed by atoms with van der Waals surface area (Å²) >= 11 is 0. The van der Waals surface area contributed by atoms with Gasteiger partial charge in [0, 0.05) is 25.8 Å². The van der Waals surface area contributed by atoms with E-state index >= 15 is 0 Å². The lowest BCUT2D eigenvalue weighted by Crippen LogP contribution is -2.38. The molecule has 3 heterocycles. The van der Waals surface area contributed by atoms with Gasteiger partial charge in [0.1, 0.15) is 5.69 Å². The van der Waals surface area contributed by atoms with E-state index < -0.39 is 55.5 Å². The number of nitrogens with one attached hydrogen (secondary N) is 2. The van der Waals surface area contributed by atoms with E-state index in [0.717, 1.165) is 12.8 Å². The number of aryl methyl sites for hydroxylation is 1. The van der Waals surface area contributed by atoms with E-state index in [2.05, 4.69) is 31.0 Å². The SMILES string of the molecule is O=C(CCC(F)(F)F)N[C@@H](c1cnn2cc([C@@H](NC(=O)c3cnnn3CCCF)C3CCC(F)(F)CC3)nc2c1)C1CC1. The van der Waals surface area contributed by atoms with Crippen LogP contribution in [-0.4, -0.2) is 60.2 Å². The Kier molecular flexibility index (Phi) is 8.92. The van der Waals surface area contributed by atoms with Crippen molar-refractivity contribution >= 4 is 17.5 Å². The third kappa shape index (κ3) is 7.82. The summed E-state index contributed by atoms with van der Waals surface area (Å²) in [6.45, 7) is -0.468. The van der Waals surface area contributed by atoms with Gasteiger partial charge in [-0.15, -0.1) is 5.10 Å². The molecule has 16 heteroatoms. The smallest absolute Gasteiger partial charge is 0.349 e. The van der Waals surface area contributed by atoms with Crippen LogP contribution in [0.3, 0.4) is 0 Å². The van der Waals surface area contributed by atoms with Crippen molar-refractivity contribution in [1.29, 1.82) is 0 Å². The number of hydrogen-bond acceptors (Lipinski definition) is 6. The number of imidazole rings is 1. The average Bonchev–Trinajstić information content (AvgIpc) is 3.53. The van der Waals surface area contributed by atoms with E-state index in [1.54, 1.807) is 12.3 Å². The van der Waals surface area contributed by atoms with E-state index in [-0.39, 0.29) is 56.2 Å². The third-order valence-corrected chi connectivity index (χ3v) is 7.96. The van der Waals surface area contributed by atoms with Gasteiger partial charge in [-0.2, -0.15) is 18.3 Å². The zero-order chi connectivity index (χ0) is 30.8. The van der Waals surface area contributed by atoms with Gasteiger partial charge in [-0.25, -0.2) is 23.0 Å². The number of carbonyl (C=O) groups excluding carboxylic acids is 2. The van der Waals surface area contributed by atoms with Gasteiger partial charge in [0.25, 0.3) is 5.91 Å². The molecule has 0 spiro atoms. The molecule has 0 radical (unpaired) electrons. The molecule has 0 aliphatic heterocycles. The Labute approximate surface area is 242 Å². The fraction of sp³-hybridized carbons (Fsp3) is 0.630. The van der Waals surface area contributed by atoms with Crippen molar-refractivity contribution in [2.24, 2.45) is 11.8 Å². The Balaban J connectivity index is 1.39. The number of carbonyl (C=O) groups is 2. The normalized spacial score (nSPS) is 18.8. The van der Waals surface area contributed by atoms with Crippen molar-refractivity contribution in [3.8, 4) is 0 Å². The minimum absolute atomic E-state index is 0.0559. The monoisotopic (exact) mass is 614 g/mol. The van der Waals surface area contributed by atoms with Crippen LogP contribution in [0.15, 0.2) is 24.7 Å². The first-order valence-electron chi connectivity index (χ1n) is 14.3. The van der Waals surface area contributed by atoms with Crippen LogP contribution in [0.5, 0.6) is 0 Å². The summed E-state index contributed by atoms with van der Waals surface area (Å²) in [6, 6.07) is 0.374. The van der Waals surface area contributed by atoms with Crippen LogP contribution in [0.2, 0.25) is 0 Å². The standard InChI is InChI=1S/C27H32F6N8O2/c28-10-1-11-40-20(14-34-39-40)25(43)38-24(17-4-7-26(29,30)8-5-17)19-15-41-21(36-19)12-18(13-35-41)23(16-2-3-16)37-22(42)6-9-27(31,32)33/h12-17,23-24H,1-11H2,(H,37,42)(H,38,43)/t23-,24+/m1/s1. The maximum atomic E-state index is 14.0. The van der Waals surface area contributed by atoms with Crippen LogP contribution in [0.4, 0.5) is 26.3 Å². The summed E-state index contributed by atoms with van der Waals surface area (Å²) < 4.78 is 81.3. The van der Waals surface area contributed by atoms with E-state index in [1.165, 1.54) is 21.6 Å². The highest BCUT2D eigenvalue weighted by Gasteiger charge is 2.40. The first-order chi connectivity index (χ1) is 20.4. The highest BCUT2D eigenvalue weighted by atomic mass is 19.4. The number of hydrogen-bond donors (Lipinski definition) is 2. The largest absolute Gasteiger partial charge is 0.389 e. The van der Waals surface area contributed by atoms with Gasteiger partial charge in [0.2, 0.25) is 11.8 Å². The second-order valence-electron chi connectivity index (χ2n) is 11.3. The Morgan fingerprint density at radius 2 is 1.77 bits per heavy atom. The number of halogens is 6. The van der Waals surface area contributed by atoms with Crippen LogP contribution in [0.25, 0.3) is 5.65 Å². The molecule has 3 aromatic rings. The zero-order valence-electron chi connectivity index (χ0n) is 23.2. The lowest BCUT2D eigenvalue weighted by atomic mass is 9.81. The van der Waals surface area contributed by atoms with E-state index in [4.69, 9.17) is 0 Å². The molecule has 2 fully saturated rings. The summed E-state index contributed by atoms with van der Waals surface area (Å²) in [5.74, 6) is -4.38. The molecule has 234 valence electrons. The summed E-state index contributed by atoms with van der Waals surface area (Å²) in [5.41, 5.74) is 1.41. The third-order valence-electron chi connectivity index (χ3n) is 7.96. The van der Waals surface area contributed by atoms with Crippen molar-refractivity contribution < 1.29 is 35.9 Å². The molecular formula is C27H32F6N8O2. The summed E-state index contributed by atoms with van der Waals surface area (Å²) in [6.07, 6.45) is -0.672. The first kappa shape index (κ1) is 30.7. The lowest BCUT2D eigenvalue weighted by molar-refractivity contribution is -0.144. The van der Waals surface area contributed by atoms with E-state index in [9.17, 15) is 35.9 Å². The molecule has 43 heavy (non-hydrogen) atoms. The topological polar surface area (TPSA) is 119 Å². The predicted octanol–water partition coefficient (Wildman–Crippen LogP) is 4.89. The molecular weight excluding hydrogens is 582 g/mol. The molecule has 2 N–H and O–H groups in total. The first-order valence-corrected chi connectivity index (χ1v) is 14.3. The quantitative estimate of drug-likeness (QED) is 0.281.